The van der Waals surface area contributed by atoms with E-state index in [0.29, 0.717) is 18.4 Å². The van der Waals surface area contributed by atoms with E-state index in [-0.39, 0.29) is 18.2 Å². The fourth-order valence-corrected chi connectivity index (χ4v) is 3.76. The van der Waals surface area contributed by atoms with E-state index in [4.69, 9.17) is 9.47 Å². The molecule has 5 nitrogen and oxygen atoms in total. The van der Waals surface area contributed by atoms with Crippen LogP contribution in [0.3, 0.4) is 0 Å². The molecule has 0 spiro atoms. The van der Waals surface area contributed by atoms with Crippen molar-refractivity contribution in [2.24, 2.45) is 5.92 Å². The van der Waals surface area contributed by atoms with Gasteiger partial charge in [-0.1, -0.05) is 6.07 Å². The van der Waals surface area contributed by atoms with Crippen molar-refractivity contribution in [1.82, 2.24) is 4.90 Å². The van der Waals surface area contributed by atoms with Gasteiger partial charge in [0.2, 0.25) is 0 Å². The van der Waals surface area contributed by atoms with Gasteiger partial charge in [-0.2, -0.15) is 0 Å². The average molecular weight is 362 g/mol. The number of fused-ring (bicyclic) bond motifs is 1. The lowest BCUT2D eigenvalue weighted by Gasteiger charge is -2.33. The van der Waals surface area contributed by atoms with Crippen LogP contribution in [0.5, 0.6) is 5.75 Å². The van der Waals surface area contributed by atoms with Gasteiger partial charge in [-0.05, 0) is 56.7 Å². The largest absolute Gasteiger partial charge is 0.481 e. The number of hydrogen-bond donors (Lipinski definition) is 0. The Morgan fingerprint density at radius 1 is 1.15 bits per heavy atom. The van der Waals surface area contributed by atoms with Gasteiger partial charge in [0.1, 0.15) is 11.4 Å². The van der Waals surface area contributed by atoms with Crippen molar-refractivity contribution in [2.75, 3.05) is 44.3 Å². The normalized spacial score (nSPS) is 21.6. The summed E-state index contributed by atoms with van der Waals surface area (Å²) >= 11 is 0. The molecule has 0 aromatic heterocycles. The number of rotatable bonds is 7. The summed E-state index contributed by atoms with van der Waals surface area (Å²) in [7, 11) is 0. The number of ether oxygens (including phenoxy) is 2. The number of para-hydroxylation sites is 1. The number of carbonyl (C=O) groups is 1. The minimum absolute atomic E-state index is 0.0137. The number of piperidine rings is 1. The molecule has 1 saturated carbocycles. The van der Waals surface area contributed by atoms with Crippen LogP contribution < -0.4 is 9.64 Å². The lowest BCUT2D eigenvalue weighted by molar-refractivity contribution is -0.121. The second-order valence-corrected chi connectivity index (χ2v) is 7.59. The molecule has 2 heterocycles. The Hall–Kier alpha value is -1.66. The van der Waals surface area contributed by atoms with Crippen LogP contribution in [0.15, 0.2) is 18.2 Å². The summed E-state index contributed by atoms with van der Waals surface area (Å²) in [6.45, 7) is 4.45. The van der Waals surface area contributed by atoms with Crippen LogP contribution in [0.25, 0.3) is 0 Å². The van der Waals surface area contributed by atoms with Gasteiger partial charge in [0, 0.05) is 26.2 Å². The van der Waals surface area contributed by atoms with E-state index in [9.17, 15) is 9.18 Å². The highest BCUT2D eigenvalue weighted by Gasteiger charge is 2.29. The van der Waals surface area contributed by atoms with Crippen LogP contribution in [-0.4, -0.2) is 56.3 Å². The molecule has 1 saturated heterocycles. The van der Waals surface area contributed by atoms with E-state index < -0.39 is 5.82 Å². The summed E-state index contributed by atoms with van der Waals surface area (Å²) in [5, 5.41) is 0. The number of likely N-dealkylation sites (tertiary alicyclic amines) is 1. The number of nitrogens with zero attached hydrogens (tertiary/aromatic N) is 2. The van der Waals surface area contributed by atoms with E-state index >= 15 is 0 Å². The zero-order valence-corrected chi connectivity index (χ0v) is 15.2. The Labute approximate surface area is 154 Å². The van der Waals surface area contributed by atoms with Crippen molar-refractivity contribution in [3.63, 3.8) is 0 Å². The van der Waals surface area contributed by atoms with Gasteiger partial charge >= 0.3 is 0 Å². The van der Waals surface area contributed by atoms with Crippen molar-refractivity contribution < 1.29 is 18.7 Å². The molecule has 1 aromatic carbocycles. The molecule has 0 bridgehead atoms. The van der Waals surface area contributed by atoms with Gasteiger partial charge in [-0.15, -0.1) is 0 Å². The Morgan fingerprint density at radius 3 is 2.73 bits per heavy atom. The lowest BCUT2D eigenvalue weighted by atomic mass is 10.1. The minimum atomic E-state index is -0.399. The van der Waals surface area contributed by atoms with E-state index in [1.54, 1.807) is 17.0 Å². The maximum absolute atomic E-state index is 14.2. The fourth-order valence-electron chi connectivity index (χ4n) is 3.76. The molecule has 0 atom stereocenters. The smallest absolute Gasteiger partial charge is 0.265 e. The molecule has 1 aliphatic carbocycles. The van der Waals surface area contributed by atoms with Crippen LogP contribution in [0.1, 0.15) is 32.1 Å². The highest BCUT2D eigenvalue weighted by molar-refractivity contribution is 5.97. The Kier molecular flexibility index (Phi) is 5.41. The second-order valence-electron chi connectivity index (χ2n) is 7.59. The molecular weight excluding hydrogens is 335 g/mol. The van der Waals surface area contributed by atoms with E-state index in [1.165, 1.54) is 18.9 Å². The summed E-state index contributed by atoms with van der Waals surface area (Å²) in [5.74, 6) is 0.708. The maximum Gasteiger partial charge on any atom is 0.265 e. The summed E-state index contributed by atoms with van der Waals surface area (Å²) in [5.41, 5.74) is 0.288. The first-order chi connectivity index (χ1) is 12.7. The first-order valence-corrected chi connectivity index (χ1v) is 9.76. The molecule has 3 aliphatic rings. The number of benzene rings is 1. The maximum atomic E-state index is 14.2. The molecule has 0 unspecified atom stereocenters. The third-order valence-corrected chi connectivity index (χ3v) is 5.53. The Bertz CT molecular complexity index is 642. The quantitative estimate of drug-likeness (QED) is 0.748. The van der Waals surface area contributed by atoms with Crippen LogP contribution >= 0.6 is 0 Å². The van der Waals surface area contributed by atoms with E-state index in [2.05, 4.69) is 4.90 Å². The van der Waals surface area contributed by atoms with Crippen molar-refractivity contribution in [1.29, 1.82) is 0 Å². The van der Waals surface area contributed by atoms with Crippen LogP contribution in [-0.2, 0) is 9.53 Å². The Morgan fingerprint density at radius 2 is 1.96 bits per heavy atom. The molecule has 26 heavy (non-hydrogen) atoms. The van der Waals surface area contributed by atoms with Gasteiger partial charge in [0.05, 0.1) is 6.10 Å². The molecule has 2 fully saturated rings. The summed E-state index contributed by atoms with van der Waals surface area (Å²) in [6, 6.07) is 4.70. The molecule has 2 aliphatic heterocycles. The van der Waals surface area contributed by atoms with Crippen molar-refractivity contribution in [3.05, 3.63) is 24.0 Å². The fraction of sp³-hybridized carbons (Fsp3) is 0.650. The first-order valence-electron chi connectivity index (χ1n) is 9.76. The number of carbonyl (C=O) groups excluding carboxylic acids is 1. The summed E-state index contributed by atoms with van der Waals surface area (Å²) in [4.78, 5) is 16.1. The van der Waals surface area contributed by atoms with Gasteiger partial charge in [0.15, 0.2) is 12.4 Å². The van der Waals surface area contributed by atoms with Crippen molar-refractivity contribution >= 4 is 11.6 Å². The predicted molar refractivity (Wildman–Crippen MR) is 97.0 cm³/mol. The number of halogens is 1. The standard InChI is InChI=1S/C20H27FN2O3/c21-17-3-1-4-18-20(17)23(19(24)14-26-18)10-2-9-22-11-7-16(8-12-22)25-13-15-5-6-15/h1,3-4,15-16H,2,5-14H2. The van der Waals surface area contributed by atoms with E-state index in [0.717, 1.165) is 51.4 Å². The van der Waals surface area contributed by atoms with Gasteiger partial charge < -0.3 is 19.3 Å². The third kappa shape index (κ3) is 4.18. The Balaban J connectivity index is 1.23. The molecule has 0 radical (unpaired) electrons. The molecule has 0 N–H and O–H groups in total. The number of amides is 1. The van der Waals surface area contributed by atoms with Gasteiger partial charge in [-0.25, -0.2) is 4.39 Å². The highest BCUT2D eigenvalue weighted by Crippen LogP contribution is 2.34. The predicted octanol–water partition coefficient (Wildman–Crippen LogP) is 2.83. The van der Waals surface area contributed by atoms with Gasteiger partial charge in [0.25, 0.3) is 5.91 Å². The van der Waals surface area contributed by atoms with Crippen molar-refractivity contribution in [3.8, 4) is 5.75 Å². The first kappa shape index (κ1) is 17.7. The lowest BCUT2D eigenvalue weighted by Crippen LogP contribution is -2.42. The summed E-state index contributed by atoms with van der Waals surface area (Å²) < 4.78 is 25.5. The molecule has 6 heteroatoms. The zero-order valence-electron chi connectivity index (χ0n) is 15.2. The van der Waals surface area contributed by atoms with Crippen molar-refractivity contribution in [2.45, 2.75) is 38.2 Å². The second kappa shape index (κ2) is 7.92. The SMILES string of the molecule is O=C1COc2cccc(F)c2N1CCCN1CCC(OCC2CC2)CC1. The van der Waals surface area contributed by atoms with Crippen LogP contribution in [0.4, 0.5) is 10.1 Å². The van der Waals surface area contributed by atoms with Gasteiger partial charge in [-0.3, -0.25) is 4.79 Å². The number of hydrogen-bond acceptors (Lipinski definition) is 4. The molecule has 142 valence electrons. The topological polar surface area (TPSA) is 42.0 Å². The average Bonchev–Trinajstić information content (AvgIpc) is 3.48. The van der Waals surface area contributed by atoms with Crippen LogP contribution in [0, 0.1) is 11.7 Å². The molecule has 4 rings (SSSR count). The number of anilines is 1. The third-order valence-electron chi connectivity index (χ3n) is 5.53. The zero-order chi connectivity index (χ0) is 17.9. The minimum Gasteiger partial charge on any atom is -0.481 e. The summed E-state index contributed by atoms with van der Waals surface area (Å²) in [6.07, 6.45) is 6.08. The van der Waals surface area contributed by atoms with Crippen LogP contribution in [0.2, 0.25) is 0 Å². The van der Waals surface area contributed by atoms with E-state index in [1.807, 2.05) is 0 Å². The monoisotopic (exact) mass is 362 g/mol. The molecular formula is C20H27FN2O3. The molecule has 1 amide bonds. The highest BCUT2D eigenvalue weighted by atomic mass is 19.1. The molecule has 1 aromatic rings.